The van der Waals surface area contributed by atoms with E-state index in [2.05, 4.69) is 27.6 Å². The van der Waals surface area contributed by atoms with Gasteiger partial charge in [0.2, 0.25) is 0 Å². The van der Waals surface area contributed by atoms with Crippen LogP contribution in [0.2, 0.25) is 0 Å². The minimum absolute atomic E-state index is 0.0687. The van der Waals surface area contributed by atoms with Crippen LogP contribution in [0, 0.1) is 3.57 Å². The number of nitrogen functional groups attached to an aromatic ring is 1. The van der Waals surface area contributed by atoms with Crippen molar-refractivity contribution in [2.45, 2.75) is 6.54 Å². The SMILES string of the molecule is Nc1ccc2ncn(Cc3ccc(I)cc3)c(=O)c2c1. The van der Waals surface area contributed by atoms with E-state index in [1.807, 2.05) is 24.3 Å². The van der Waals surface area contributed by atoms with Gasteiger partial charge in [-0.15, -0.1) is 0 Å². The molecule has 0 spiro atoms. The summed E-state index contributed by atoms with van der Waals surface area (Å²) in [7, 11) is 0. The molecule has 2 N–H and O–H groups in total. The predicted molar refractivity (Wildman–Crippen MR) is 88.7 cm³/mol. The van der Waals surface area contributed by atoms with Gasteiger partial charge in [-0.1, -0.05) is 12.1 Å². The van der Waals surface area contributed by atoms with Crippen LogP contribution in [0.25, 0.3) is 10.9 Å². The summed E-state index contributed by atoms with van der Waals surface area (Å²) in [5.41, 5.74) is 7.98. The highest BCUT2D eigenvalue weighted by atomic mass is 127. The lowest BCUT2D eigenvalue weighted by Crippen LogP contribution is -2.21. The molecule has 0 bridgehead atoms. The predicted octanol–water partition coefficient (Wildman–Crippen LogP) is 2.63. The molecule has 5 heteroatoms. The van der Waals surface area contributed by atoms with Crippen LogP contribution in [0.15, 0.2) is 53.6 Å². The fourth-order valence-electron chi connectivity index (χ4n) is 2.08. The summed E-state index contributed by atoms with van der Waals surface area (Å²) in [6, 6.07) is 13.3. The van der Waals surface area contributed by atoms with Gasteiger partial charge in [-0.3, -0.25) is 9.36 Å². The fraction of sp³-hybridized carbons (Fsp3) is 0.0667. The Bertz CT molecular complexity index is 825. The van der Waals surface area contributed by atoms with Gasteiger partial charge in [0.25, 0.3) is 5.56 Å². The fourth-order valence-corrected chi connectivity index (χ4v) is 2.44. The van der Waals surface area contributed by atoms with E-state index in [0.29, 0.717) is 23.1 Å². The van der Waals surface area contributed by atoms with Crippen molar-refractivity contribution in [2.24, 2.45) is 0 Å². The molecule has 20 heavy (non-hydrogen) atoms. The van der Waals surface area contributed by atoms with Gasteiger partial charge in [-0.25, -0.2) is 4.98 Å². The molecule has 0 aliphatic carbocycles. The monoisotopic (exact) mass is 377 g/mol. The van der Waals surface area contributed by atoms with Crippen LogP contribution in [-0.4, -0.2) is 9.55 Å². The highest BCUT2D eigenvalue weighted by molar-refractivity contribution is 14.1. The number of hydrogen-bond acceptors (Lipinski definition) is 3. The number of nitrogens with zero attached hydrogens (tertiary/aromatic N) is 2. The van der Waals surface area contributed by atoms with Gasteiger partial charge in [0, 0.05) is 9.26 Å². The van der Waals surface area contributed by atoms with Gasteiger partial charge >= 0.3 is 0 Å². The molecule has 100 valence electrons. The summed E-state index contributed by atoms with van der Waals surface area (Å²) in [6.45, 7) is 0.507. The minimum atomic E-state index is -0.0687. The number of aromatic nitrogens is 2. The van der Waals surface area contributed by atoms with Crippen LogP contribution >= 0.6 is 22.6 Å². The molecule has 0 saturated carbocycles. The van der Waals surface area contributed by atoms with Crippen LogP contribution in [-0.2, 0) is 6.54 Å². The van der Waals surface area contributed by atoms with Crippen LogP contribution in [0.1, 0.15) is 5.56 Å². The van der Waals surface area contributed by atoms with E-state index in [0.717, 1.165) is 5.56 Å². The van der Waals surface area contributed by atoms with E-state index in [-0.39, 0.29) is 5.56 Å². The summed E-state index contributed by atoms with van der Waals surface area (Å²) in [4.78, 5) is 16.7. The third kappa shape index (κ3) is 2.53. The molecule has 3 aromatic rings. The number of fused-ring (bicyclic) bond motifs is 1. The van der Waals surface area contributed by atoms with E-state index >= 15 is 0 Å². The zero-order chi connectivity index (χ0) is 14.1. The maximum Gasteiger partial charge on any atom is 0.261 e. The summed E-state index contributed by atoms with van der Waals surface area (Å²) >= 11 is 2.25. The Hall–Kier alpha value is -1.89. The van der Waals surface area contributed by atoms with Gasteiger partial charge in [0.05, 0.1) is 23.8 Å². The molecule has 0 fully saturated rings. The Labute approximate surface area is 129 Å². The van der Waals surface area contributed by atoms with E-state index < -0.39 is 0 Å². The number of anilines is 1. The van der Waals surface area contributed by atoms with E-state index in [4.69, 9.17) is 5.73 Å². The number of benzene rings is 2. The molecule has 0 amide bonds. The number of rotatable bonds is 2. The summed E-state index contributed by atoms with van der Waals surface area (Å²) < 4.78 is 2.77. The van der Waals surface area contributed by atoms with Crippen molar-refractivity contribution in [1.29, 1.82) is 0 Å². The van der Waals surface area contributed by atoms with Gasteiger partial charge < -0.3 is 5.73 Å². The smallest absolute Gasteiger partial charge is 0.261 e. The van der Waals surface area contributed by atoms with Crippen molar-refractivity contribution in [3.8, 4) is 0 Å². The van der Waals surface area contributed by atoms with Gasteiger partial charge in [-0.2, -0.15) is 0 Å². The first-order valence-corrected chi connectivity index (χ1v) is 7.20. The first-order chi connectivity index (χ1) is 9.63. The van der Waals surface area contributed by atoms with Crippen molar-refractivity contribution < 1.29 is 0 Å². The second kappa shape index (κ2) is 5.24. The normalized spacial score (nSPS) is 10.8. The summed E-state index contributed by atoms with van der Waals surface area (Å²) in [5.74, 6) is 0. The van der Waals surface area contributed by atoms with Crippen molar-refractivity contribution in [1.82, 2.24) is 9.55 Å². The average Bonchev–Trinajstić information content (AvgIpc) is 2.45. The maximum absolute atomic E-state index is 12.4. The summed E-state index contributed by atoms with van der Waals surface area (Å²) in [6.07, 6.45) is 1.58. The molecule has 1 aromatic heterocycles. The topological polar surface area (TPSA) is 60.9 Å². The van der Waals surface area contributed by atoms with Crippen molar-refractivity contribution in [3.05, 3.63) is 68.3 Å². The molecule has 0 saturated heterocycles. The molecule has 3 rings (SSSR count). The van der Waals surface area contributed by atoms with Gasteiger partial charge in [0.1, 0.15) is 0 Å². The zero-order valence-corrected chi connectivity index (χ0v) is 12.7. The number of nitrogens with two attached hydrogens (primary N) is 1. The number of hydrogen-bond donors (Lipinski definition) is 1. The second-order valence-electron chi connectivity index (χ2n) is 4.58. The van der Waals surface area contributed by atoms with E-state index in [9.17, 15) is 4.79 Å². The molecule has 0 unspecified atom stereocenters. The first-order valence-electron chi connectivity index (χ1n) is 6.12. The van der Waals surface area contributed by atoms with Crippen LogP contribution < -0.4 is 11.3 Å². The quantitative estimate of drug-likeness (QED) is 0.552. The lowest BCUT2D eigenvalue weighted by atomic mass is 10.2. The van der Waals surface area contributed by atoms with Crippen molar-refractivity contribution in [3.63, 3.8) is 0 Å². The highest BCUT2D eigenvalue weighted by Crippen LogP contribution is 2.12. The van der Waals surface area contributed by atoms with Crippen LogP contribution in [0.4, 0.5) is 5.69 Å². The lowest BCUT2D eigenvalue weighted by Gasteiger charge is -2.07. The molecule has 0 radical (unpaired) electrons. The third-order valence-electron chi connectivity index (χ3n) is 3.11. The molecule has 1 heterocycles. The van der Waals surface area contributed by atoms with Gasteiger partial charge in [-0.05, 0) is 58.5 Å². The van der Waals surface area contributed by atoms with Gasteiger partial charge in [0.15, 0.2) is 0 Å². The first kappa shape index (κ1) is 13.1. The lowest BCUT2D eigenvalue weighted by molar-refractivity contribution is 0.748. The molecular weight excluding hydrogens is 365 g/mol. The Kier molecular flexibility index (Phi) is 3.43. The number of halogens is 1. The van der Waals surface area contributed by atoms with Crippen LogP contribution in [0.5, 0.6) is 0 Å². The molecular formula is C15H12IN3O. The minimum Gasteiger partial charge on any atom is -0.399 e. The second-order valence-corrected chi connectivity index (χ2v) is 5.83. The van der Waals surface area contributed by atoms with Crippen molar-refractivity contribution in [2.75, 3.05) is 5.73 Å². The highest BCUT2D eigenvalue weighted by Gasteiger charge is 2.05. The van der Waals surface area contributed by atoms with Crippen LogP contribution in [0.3, 0.4) is 0 Å². The Morgan fingerprint density at radius 3 is 2.65 bits per heavy atom. The molecule has 2 aromatic carbocycles. The van der Waals surface area contributed by atoms with E-state index in [1.54, 1.807) is 29.1 Å². The molecule has 0 aliphatic rings. The summed E-state index contributed by atoms with van der Waals surface area (Å²) in [5, 5.41) is 0.554. The molecule has 0 aliphatic heterocycles. The Morgan fingerprint density at radius 1 is 1.15 bits per heavy atom. The zero-order valence-electron chi connectivity index (χ0n) is 10.6. The maximum atomic E-state index is 12.4. The van der Waals surface area contributed by atoms with E-state index in [1.165, 1.54) is 3.57 Å². The Morgan fingerprint density at radius 2 is 1.90 bits per heavy atom. The molecule has 4 nitrogen and oxygen atoms in total. The molecule has 0 atom stereocenters. The standard InChI is InChI=1S/C15H12IN3O/c16-11-3-1-10(2-4-11)8-19-9-18-14-6-5-12(17)7-13(14)15(19)20/h1-7,9H,8,17H2. The third-order valence-corrected chi connectivity index (χ3v) is 3.83. The van der Waals surface area contributed by atoms with Crippen molar-refractivity contribution >= 4 is 39.2 Å². The average molecular weight is 377 g/mol. The largest absolute Gasteiger partial charge is 0.399 e. The Balaban J connectivity index is 2.06.